The lowest BCUT2D eigenvalue weighted by molar-refractivity contribution is 0.380. The van der Waals surface area contributed by atoms with E-state index < -0.39 is 0 Å². The Labute approximate surface area is 140 Å². The molecule has 10 heteroatoms. The van der Waals surface area contributed by atoms with Crippen LogP contribution in [0.1, 0.15) is 13.0 Å². The topological polar surface area (TPSA) is 113 Å². The number of benzene rings is 1. The molecule has 4 aromatic rings. The number of hydrogen-bond acceptors (Lipinski definition) is 7. The Morgan fingerprint density at radius 2 is 1.72 bits per heavy atom. The van der Waals surface area contributed by atoms with Crippen LogP contribution in [0.5, 0.6) is 0 Å². The number of hydrogen-bond donors (Lipinski definition) is 0. The van der Waals surface area contributed by atoms with Gasteiger partial charge in [-0.25, -0.2) is 9.36 Å². The minimum Gasteiger partial charge on any atom is -0.271 e. The van der Waals surface area contributed by atoms with E-state index in [-0.39, 0.29) is 17.2 Å². The van der Waals surface area contributed by atoms with Gasteiger partial charge in [-0.2, -0.15) is 5.10 Å². The summed E-state index contributed by atoms with van der Waals surface area (Å²) in [5.41, 5.74) is 0.107. The normalized spacial score (nSPS) is 12.7. The summed E-state index contributed by atoms with van der Waals surface area (Å²) in [7, 11) is 1.51. The second kappa shape index (κ2) is 5.58. The summed E-state index contributed by atoms with van der Waals surface area (Å²) >= 11 is 0. The van der Waals surface area contributed by atoms with Gasteiger partial charge in [0.1, 0.15) is 11.0 Å². The van der Waals surface area contributed by atoms with Crippen molar-refractivity contribution >= 4 is 21.8 Å². The molecule has 0 spiro atoms. The van der Waals surface area contributed by atoms with Crippen LogP contribution in [-0.2, 0) is 13.6 Å². The van der Waals surface area contributed by atoms with Crippen LogP contribution >= 0.6 is 0 Å². The second-order valence-electron chi connectivity index (χ2n) is 5.82. The lowest BCUT2D eigenvalue weighted by Crippen LogP contribution is -2.30. The van der Waals surface area contributed by atoms with Crippen molar-refractivity contribution in [2.75, 3.05) is 0 Å². The minimum atomic E-state index is -0.301. The monoisotopic (exact) mass is 338 g/mol. The van der Waals surface area contributed by atoms with Gasteiger partial charge in [-0.1, -0.05) is 10.4 Å². The summed E-state index contributed by atoms with van der Waals surface area (Å²) in [6, 6.07) is 4.63. The largest absolute Gasteiger partial charge is 0.277 e. The zero-order valence-electron chi connectivity index (χ0n) is 13.6. The van der Waals surface area contributed by atoms with Crippen molar-refractivity contribution in [3.8, 4) is 0 Å². The fraction of sp³-hybridized carbons (Fsp3) is 0.267. The molecule has 1 aromatic carbocycles. The third kappa shape index (κ3) is 2.47. The Bertz CT molecular complexity index is 1190. The van der Waals surface area contributed by atoms with E-state index >= 15 is 0 Å². The Morgan fingerprint density at radius 3 is 2.40 bits per heavy atom. The Morgan fingerprint density at radius 1 is 1.04 bits per heavy atom. The molecule has 1 atom stereocenters. The van der Waals surface area contributed by atoms with E-state index in [1.807, 2.05) is 19.2 Å². The van der Waals surface area contributed by atoms with Crippen LogP contribution in [0.25, 0.3) is 21.8 Å². The van der Waals surface area contributed by atoms with Crippen molar-refractivity contribution in [3.05, 3.63) is 51.3 Å². The highest BCUT2D eigenvalue weighted by atomic mass is 16.1. The van der Waals surface area contributed by atoms with Gasteiger partial charge in [0.2, 0.25) is 0 Å². The van der Waals surface area contributed by atoms with Crippen LogP contribution in [0.15, 0.2) is 40.2 Å². The van der Waals surface area contributed by atoms with E-state index in [0.717, 1.165) is 4.68 Å². The number of aromatic nitrogens is 8. The van der Waals surface area contributed by atoms with Gasteiger partial charge in [-0.3, -0.25) is 14.3 Å². The first-order chi connectivity index (χ1) is 12.0. The summed E-state index contributed by atoms with van der Waals surface area (Å²) in [5.74, 6) is 0. The maximum atomic E-state index is 12.8. The van der Waals surface area contributed by atoms with Crippen molar-refractivity contribution in [1.82, 2.24) is 39.8 Å². The van der Waals surface area contributed by atoms with Gasteiger partial charge in [0.05, 0.1) is 23.4 Å². The molecule has 4 rings (SSSR count). The quantitative estimate of drug-likeness (QED) is 0.479. The van der Waals surface area contributed by atoms with Crippen molar-refractivity contribution < 1.29 is 0 Å². The first kappa shape index (κ1) is 15.1. The third-order valence-electron chi connectivity index (χ3n) is 4.04. The maximum Gasteiger partial charge on any atom is 0.277 e. The Balaban J connectivity index is 1.87. The summed E-state index contributed by atoms with van der Waals surface area (Å²) < 4.78 is 4.16. The minimum absolute atomic E-state index is 0.241. The Kier molecular flexibility index (Phi) is 3.38. The number of fused-ring (bicyclic) bond motifs is 2. The van der Waals surface area contributed by atoms with E-state index in [2.05, 4.69) is 25.7 Å². The summed E-state index contributed by atoms with van der Waals surface area (Å²) in [4.78, 5) is 24.9. The van der Waals surface area contributed by atoms with Gasteiger partial charge in [-0.05, 0) is 25.1 Å². The van der Waals surface area contributed by atoms with E-state index in [0.29, 0.717) is 28.4 Å². The predicted octanol–water partition coefficient (Wildman–Crippen LogP) is -0.109. The molecule has 0 fully saturated rings. The zero-order chi connectivity index (χ0) is 17.6. The lowest BCUT2D eigenvalue weighted by Gasteiger charge is -2.13. The Hall–Kier alpha value is -3.43. The average molecular weight is 338 g/mol. The molecule has 0 bridgehead atoms. The molecule has 0 radical (unpaired) electrons. The lowest BCUT2D eigenvalue weighted by atomic mass is 10.2. The molecule has 0 saturated heterocycles. The molecular weight excluding hydrogens is 324 g/mol. The summed E-state index contributed by atoms with van der Waals surface area (Å²) in [6.07, 6.45) is 3.49. The van der Waals surface area contributed by atoms with Crippen molar-refractivity contribution in [3.63, 3.8) is 0 Å². The smallest absolute Gasteiger partial charge is 0.271 e. The van der Waals surface area contributed by atoms with Gasteiger partial charge in [0.25, 0.3) is 11.1 Å². The second-order valence-corrected chi connectivity index (χ2v) is 5.82. The van der Waals surface area contributed by atoms with Crippen LogP contribution in [0, 0.1) is 0 Å². The van der Waals surface area contributed by atoms with Crippen LogP contribution in [0.3, 0.4) is 0 Å². The van der Waals surface area contributed by atoms with Gasteiger partial charge in [0.15, 0.2) is 0 Å². The molecular formula is C15H14N8O2. The van der Waals surface area contributed by atoms with Gasteiger partial charge < -0.3 is 0 Å². The molecule has 3 heterocycles. The number of rotatable bonds is 3. The van der Waals surface area contributed by atoms with E-state index in [1.165, 1.54) is 23.9 Å². The number of nitrogens with zero attached hydrogens (tertiary/aromatic N) is 8. The van der Waals surface area contributed by atoms with Crippen LogP contribution in [-0.4, -0.2) is 39.8 Å². The van der Waals surface area contributed by atoms with Gasteiger partial charge in [-0.15, -0.1) is 10.2 Å². The molecule has 3 aromatic heterocycles. The first-order valence-corrected chi connectivity index (χ1v) is 7.65. The molecule has 0 saturated carbocycles. The molecule has 126 valence electrons. The molecule has 10 nitrogen and oxygen atoms in total. The highest BCUT2D eigenvalue weighted by Gasteiger charge is 2.15. The summed E-state index contributed by atoms with van der Waals surface area (Å²) in [6.45, 7) is 2.35. The molecule has 1 unspecified atom stereocenters. The fourth-order valence-electron chi connectivity index (χ4n) is 2.72. The average Bonchev–Trinajstić information content (AvgIpc) is 3.11. The molecule has 0 aliphatic heterocycles. The zero-order valence-corrected chi connectivity index (χ0v) is 13.6. The van der Waals surface area contributed by atoms with Crippen molar-refractivity contribution in [1.29, 1.82) is 0 Å². The summed E-state index contributed by atoms with van der Waals surface area (Å²) in [5, 5.41) is 20.7. The van der Waals surface area contributed by atoms with Crippen LogP contribution in [0.2, 0.25) is 0 Å². The van der Waals surface area contributed by atoms with E-state index in [1.54, 1.807) is 10.9 Å². The fourth-order valence-corrected chi connectivity index (χ4v) is 2.72. The third-order valence-corrected chi connectivity index (χ3v) is 4.04. The maximum absolute atomic E-state index is 12.8. The van der Waals surface area contributed by atoms with Crippen LogP contribution < -0.4 is 11.1 Å². The standard InChI is InChI=1S/C15H14N8O2/c1-9(8-22-5-3-4-16-22)23-15(25)11-7-12-10(6-13(11)18-20-23)14(24)21(2)19-17-12/h3-7,9H,8H2,1-2H3. The SMILES string of the molecule is CC(Cn1cccn1)n1nnc2cc3c(=O)n(C)nnc3cc2c1=O. The first-order valence-electron chi connectivity index (χ1n) is 7.65. The van der Waals surface area contributed by atoms with Crippen molar-refractivity contribution in [2.24, 2.45) is 7.05 Å². The number of aryl methyl sites for hydroxylation is 1. The molecule has 0 aliphatic carbocycles. The van der Waals surface area contributed by atoms with E-state index in [9.17, 15) is 9.59 Å². The molecule has 0 amide bonds. The van der Waals surface area contributed by atoms with Gasteiger partial charge >= 0.3 is 0 Å². The molecule has 0 N–H and O–H groups in total. The van der Waals surface area contributed by atoms with Crippen LogP contribution in [0.4, 0.5) is 0 Å². The van der Waals surface area contributed by atoms with Gasteiger partial charge in [0, 0.05) is 19.4 Å². The van der Waals surface area contributed by atoms with E-state index in [4.69, 9.17) is 0 Å². The molecule has 25 heavy (non-hydrogen) atoms. The van der Waals surface area contributed by atoms with Crippen molar-refractivity contribution in [2.45, 2.75) is 19.5 Å². The predicted molar refractivity (Wildman–Crippen MR) is 89.1 cm³/mol. The highest BCUT2D eigenvalue weighted by Crippen LogP contribution is 2.14. The highest BCUT2D eigenvalue weighted by molar-refractivity contribution is 5.93. The molecule has 0 aliphatic rings.